The van der Waals surface area contributed by atoms with Gasteiger partial charge in [-0.3, -0.25) is 5.43 Å². The largest absolute Gasteiger partial charge is 0.495 e. The number of hydrazone groups is 1. The van der Waals surface area contributed by atoms with E-state index in [0.29, 0.717) is 17.4 Å². The Morgan fingerprint density at radius 3 is 2.46 bits per heavy atom. The number of methoxy groups -OCH3 is 1. The number of hydrogen-bond donors (Lipinski definition) is 2. The molecule has 0 atom stereocenters. The fraction of sp³-hybridized carbons (Fsp3) is 0.0556. The van der Waals surface area contributed by atoms with Gasteiger partial charge in [-0.05, 0) is 40.1 Å². The molecule has 0 saturated heterocycles. The normalized spacial score (nSPS) is 11.1. The van der Waals surface area contributed by atoms with Crippen molar-refractivity contribution in [3.05, 3.63) is 58.6 Å². The van der Waals surface area contributed by atoms with Crippen LogP contribution >= 0.6 is 15.9 Å². The van der Waals surface area contributed by atoms with Crippen LogP contribution in [0.25, 0.3) is 11.3 Å². The van der Waals surface area contributed by atoms with E-state index in [4.69, 9.17) is 9.37 Å². The first-order valence-corrected chi connectivity index (χ1v) is 8.97. The lowest BCUT2D eigenvalue weighted by atomic mass is 10.2. The summed E-state index contributed by atoms with van der Waals surface area (Å²) in [6, 6.07) is 15.2. The zero-order valence-electron chi connectivity index (χ0n) is 14.6. The van der Waals surface area contributed by atoms with E-state index < -0.39 is 0 Å². The van der Waals surface area contributed by atoms with Gasteiger partial charge in [-0.15, -0.1) is 0 Å². The van der Waals surface area contributed by atoms with E-state index in [9.17, 15) is 0 Å². The van der Waals surface area contributed by atoms with Gasteiger partial charge >= 0.3 is 0 Å². The van der Waals surface area contributed by atoms with E-state index in [1.807, 2.05) is 48.5 Å². The van der Waals surface area contributed by atoms with E-state index in [2.05, 4.69) is 52.1 Å². The highest BCUT2D eigenvalue weighted by atomic mass is 79.9. The lowest BCUT2D eigenvalue weighted by molar-refractivity contribution is 0.314. The molecular weight excluding hydrogens is 426 g/mol. The molecule has 0 amide bonds. The smallest absolute Gasteiger partial charge is 0.245 e. The van der Waals surface area contributed by atoms with Gasteiger partial charge in [-0.25, -0.2) is 9.61 Å². The number of para-hydroxylation sites is 2. The minimum absolute atomic E-state index is 0.270. The van der Waals surface area contributed by atoms with E-state index in [1.54, 1.807) is 13.3 Å². The second-order valence-corrected chi connectivity index (χ2v) is 6.49. The van der Waals surface area contributed by atoms with Crippen LogP contribution in [0, 0.1) is 0 Å². The minimum Gasteiger partial charge on any atom is -0.495 e. The topological polar surface area (TPSA) is 110 Å². The summed E-state index contributed by atoms with van der Waals surface area (Å²) in [5.41, 5.74) is 5.08. The third kappa shape index (κ3) is 3.91. The van der Waals surface area contributed by atoms with Gasteiger partial charge in [-0.1, -0.05) is 40.2 Å². The van der Waals surface area contributed by atoms with Crippen LogP contribution in [-0.2, 0) is 0 Å². The molecule has 0 spiro atoms. The van der Waals surface area contributed by atoms with Crippen LogP contribution in [-0.4, -0.2) is 33.6 Å². The van der Waals surface area contributed by atoms with Gasteiger partial charge in [0.2, 0.25) is 11.3 Å². The van der Waals surface area contributed by atoms with Crippen LogP contribution in [0.15, 0.2) is 62.7 Å². The van der Waals surface area contributed by atoms with Crippen molar-refractivity contribution in [2.75, 3.05) is 17.9 Å². The Morgan fingerprint density at radius 2 is 1.71 bits per heavy atom. The number of aromatic nitrogens is 4. The molecule has 0 radical (unpaired) electrons. The van der Waals surface area contributed by atoms with E-state index in [0.717, 1.165) is 15.7 Å². The van der Waals surface area contributed by atoms with Gasteiger partial charge in [-0.2, -0.15) is 10.1 Å². The second kappa shape index (κ2) is 8.01. The molecule has 0 fully saturated rings. The summed E-state index contributed by atoms with van der Waals surface area (Å²) in [5, 5.41) is 14.9. The molecule has 9 nitrogen and oxygen atoms in total. The number of benzene rings is 2. The summed E-state index contributed by atoms with van der Waals surface area (Å²) >= 11 is 3.40. The fourth-order valence-corrected chi connectivity index (χ4v) is 2.66. The Bertz CT molecular complexity index is 1130. The zero-order chi connectivity index (χ0) is 19.3. The maximum absolute atomic E-state index is 5.37. The number of anilines is 3. The number of ether oxygens (including phenoxy) is 1. The first kappa shape index (κ1) is 17.9. The first-order valence-electron chi connectivity index (χ1n) is 8.18. The van der Waals surface area contributed by atoms with Crippen molar-refractivity contribution in [2.45, 2.75) is 0 Å². The van der Waals surface area contributed by atoms with Crippen molar-refractivity contribution in [3.8, 4) is 5.75 Å². The molecule has 0 aliphatic heterocycles. The highest BCUT2D eigenvalue weighted by Crippen LogP contribution is 2.29. The van der Waals surface area contributed by atoms with Crippen LogP contribution < -0.4 is 15.5 Å². The zero-order valence-corrected chi connectivity index (χ0v) is 16.2. The lowest BCUT2D eigenvalue weighted by Crippen LogP contribution is -2.04. The summed E-state index contributed by atoms with van der Waals surface area (Å²) in [5.74, 6) is 1.43. The van der Waals surface area contributed by atoms with E-state index >= 15 is 0 Å². The van der Waals surface area contributed by atoms with Crippen molar-refractivity contribution >= 4 is 50.8 Å². The second-order valence-electron chi connectivity index (χ2n) is 5.58. The van der Waals surface area contributed by atoms with Crippen LogP contribution in [0.1, 0.15) is 5.56 Å². The van der Waals surface area contributed by atoms with Crippen molar-refractivity contribution < 1.29 is 9.37 Å². The van der Waals surface area contributed by atoms with Crippen LogP contribution in [0.3, 0.4) is 0 Å². The molecule has 2 N–H and O–H groups in total. The van der Waals surface area contributed by atoms with Gasteiger partial charge in [0.15, 0.2) is 11.6 Å². The molecule has 4 aromatic rings. The average Bonchev–Trinajstić information content (AvgIpc) is 3.17. The molecule has 2 aromatic carbocycles. The van der Waals surface area contributed by atoms with Crippen LogP contribution in [0.5, 0.6) is 5.75 Å². The molecular formula is C18H14BrN7O2. The Kier molecular flexibility index (Phi) is 5.11. The quantitative estimate of drug-likeness (QED) is 0.342. The Labute approximate surface area is 167 Å². The maximum Gasteiger partial charge on any atom is 0.245 e. The summed E-state index contributed by atoms with van der Waals surface area (Å²) in [7, 11) is 1.60. The van der Waals surface area contributed by atoms with Crippen molar-refractivity contribution in [2.24, 2.45) is 5.10 Å². The molecule has 0 aliphatic carbocycles. The molecule has 0 aliphatic rings. The summed E-state index contributed by atoms with van der Waals surface area (Å²) in [6.45, 7) is 0. The lowest BCUT2D eigenvalue weighted by Gasteiger charge is -2.12. The molecule has 140 valence electrons. The molecule has 28 heavy (non-hydrogen) atoms. The summed E-state index contributed by atoms with van der Waals surface area (Å²) < 4.78 is 11.1. The Morgan fingerprint density at radius 1 is 1.00 bits per heavy atom. The number of fused-ring (bicyclic) bond motifs is 1. The Hall–Kier alpha value is -3.53. The fourth-order valence-electron chi connectivity index (χ4n) is 2.40. The van der Waals surface area contributed by atoms with Gasteiger partial charge in [0.25, 0.3) is 0 Å². The summed E-state index contributed by atoms with van der Waals surface area (Å²) in [4.78, 5) is 8.77. The number of halogens is 1. The molecule has 2 aromatic heterocycles. The monoisotopic (exact) mass is 439 g/mol. The SMILES string of the molecule is COc1ccccc1Nc1nc2nonc2nc1N/N=C\c1ccc(Br)cc1. The molecule has 10 heteroatoms. The Balaban J connectivity index is 1.64. The van der Waals surface area contributed by atoms with Crippen LogP contribution in [0.2, 0.25) is 0 Å². The molecule has 4 rings (SSSR count). The predicted octanol–water partition coefficient (Wildman–Crippen LogP) is 3.97. The molecule has 2 heterocycles. The first-order chi connectivity index (χ1) is 13.7. The predicted molar refractivity (Wildman–Crippen MR) is 109 cm³/mol. The third-order valence-electron chi connectivity index (χ3n) is 3.73. The molecule has 0 bridgehead atoms. The van der Waals surface area contributed by atoms with Gasteiger partial charge in [0, 0.05) is 4.47 Å². The van der Waals surface area contributed by atoms with Gasteiger partial charge in [0.1, 0.15) is 5.75 Å². The van der Waals surface area contributed by atoms with Crippen LogP contribution in [0.4, 0.5) is 17.3 Å². The minimum atomic E-state index is 0.270. The maximum atomic E-state index is 5.37. The standard InChI is InChI=1S/C18H14BrN7O2/c1-27-14-5-3-2-4-13(14)21-15-16(23-18-17(22-15)25-28-26-18)24-20-10-11-6-8-12(19)9-7-11/h2-10H,1H3,(H,21,22,25)(H,23,24,26)/b20-10-. The highest BCUT2D eigenvalue weighted by Gasteiger charge is 2.14. The van der Waals surface area contributed by atoms with Crippen molar-refractivity contribution in [3.63, 3.8) is 0 Å². The van der Waals surface area contributed by atoms with Crippen molar-refractivity contribution in [1.82, 2.24) is 20.3 Å². The highest BCUT2D eigenvalue weighted by molar-refractivity contribution is 9.10. The number of nitrogens with one attached hydrogen (secondary N) is 2. The van der Waals surface area contributed by atoms with E-state index in [1.165, 1.54) is 0 Å². The number of rotatable bonds is 6. The molecule has 0 unspecified atom stereocenters. The number of nitrogens with zero attached hydrogens (tertiary/aromatic N) is 5. The van der Waals surface area contributed by atoms with Crippen molar-refractivity contribution in [1.29, 1.82) is 0 Å². The van der Waals surface area contributed by atoms with E-state index in [-0.39, 0.29) is 11.3 Å². The summed E-state index contributed by atoms with van der Waals surface area (Å²) in [6.07, 6.45) is 1.67. The number of hydrogen-bond acceptors (Lipinski definition) is 9. The average molecular weight is 440 g/mol. The third-order valence-corrected chi connectivity index (χ3v) is 4.26. The molecule has 0 saturated carbocycles. The van der Waals surface area contributed by atoms with Gasteiger partial charge in [0.05, 0.1) is 19.0 Å². The van der Waals surface area contributed by atoms with Gasteiger partial charge < -0.3 is 10.1 Å².